The van der Waals surface area contributed by atoms with Gasteiger partial charge in [-0.2, -0.15) is 0 Å². The monoisotopic (exact) mass is 312 g/mol. The Hall–Kier alpha value is -1.53. The molecule has 7 heteroatoms. The van der Waals surface area contributed by atoms with Crippen LogP contribution in [0.3, 0.4) is 0 Å². The molecule has 0 radical (unpaired) electrons. The minimum Gasteiger partial charge on any atom is -0.360 e. The van der Waals surface area contributed by atoms with Crippen molar-refractivity contribution >= 4 is 38.2 Å². The van der Waals surface area contributed by atoms with Crippen LogP contribution in [0.4, 0.5) is 0 Å². The van der Waals surface area contributed by atoms with Gasteiger partial charge in [-0.15, -0.1) is 0 Å². The molecule has 0 aliphatic carbocycles. The van der Waals surface area contributed by atoms with Crippen molar-refractivity contribution in [1.82, 2.24) is 10.3 Å². The fraction of sp³-hybridized carbons (Fsp3) is 0.308. The van der Waals surface area contributed by atoms with Crippen LogP contribution in [-0.2, 0) is 9.84 Å². The number of amides is 1. The van der Waals surface area contributed by atoms with Gasteiger partial charge in [0.1, 0.15) is 0 Å². The van der Waals surface area contributed by atoms with Crippen LogP contribution in [0.1, 0.15) is 16.8 Å². The number of nitrogens with one attached hydrogen (secondary N) is 2. The van der Waals surface area contributed by atoms with Gasteiger partial charge < -0.3 is 10.3 Å². The van der Waals surface area contributed by atoms with Crippen molar-refractivity contribution in [2.75, 3.05) is 11.5 Å². The van der Waals surface area contributed by atoms with E-state index in [2.05, 4.69) is 10.3 Å². The molecule has 20 heavy (non-hydrogen) atoms. The lowest BCUT2D eigenvalue weighted by atomic mass is 10.1. The Morgan fingerprint density at radius 3 is 2.90 bits per heavy atom. The molecule has 2 N–H and O–H groups in total. The van der Waals surface area contributed by atoms with Gasteiger partial charge in [-0.25, -0.2) is 8.42 Å². The number of carbonyl (C=O) groups is 1. The predicted octanol–water partition coefficient (Wildman–Crippen LogP) is 1.74. The van der Waals surface area contributed by atoms with Crippen LogP contribution in [0.15, 0.2) is 24.4 Å². The fourth-order valence-electron chi connectivity index (χ4n) is 2.45. The van der Waals surface area contributed by atoms with Crippen LogP contribution >= 0.6 is 11.6 Å². The Balaban J connectivity index is 1.84. The van der Waals surface area contributed by atoms with Gasteiger partial charge >= 0.3 is 0 Å². The van der Waals surface area contributed by atoms with E-state index in [-0.39, 0.29) is 23.5 Å². The van der Waals surface area contributed by atoms with Gasteiger partial charge in [-0.1, -0.05) is 11.6 Å². The van der Waals surface area contributed by atoms with E-state index in [1.54, 1.807) is 24.4 Å². The Bertz CT molecular complexity index is 782. The first kappa shape index (κ1) is 13.5. The molecule has 3 rings (SSSR count). The summed E-state index contributed by atoms with van der Waals surface area (Å²) in [5, 5.41) is 4.05. The quantitative estimate of drug-likeness (QED) is 0.886. The third-order valence-corrected chi connectivity index (χ3v) is 5.46. The maximum atomic E-state index is 12.2. The van der Waals surface area contributed by atoms with Gasteiger partial charge in [0.25, 0.3) is 5.91 Å². The highest BCUT2D eigenvalue weighted by Crippen LogP contribution is 2.23. The first-order chi connectivity index (χ1) is 9.44. The topological polar surface area (TPSA) is 79.0 Å². The summed E-state index contributed by atoms with van der Waals surface area (Å²) in [7, 11) is -3.00. The molecule has 1 amide bonds. The number of rotatable bonds is 2. The molecule has 0 spiro atoms. The maximum Gasteiger partial charge on any atom is 0.253 e. The molecule has 1 saturated heterocycles. The molecule has 2 aromatic rings. The standard InChI is InChI=1S/C13H13ClN2O3S/c14-8-1-2-12-10(5-8)11(6-15-12)13(17)16-9-3-4-20(18,19)7-9/h1-2,5-6,9,15H,3-4,7H2,(H,16,17). The first-order valence-electron chi connectivity index (χ1n) is 6.22. The van der Waals surface area contributed by atoms with E-state index in [0.717, 1.165) is 10.9 Å². The van der Waals surface area contributed by atoms with Crippen LogP contribution in [-0.4, -0.2) is 36.9 Å². The molecule has 1 aromatic heterocycles. The molecule has 2 heterocycles. The van der Waals surface area contributed by atoms with Crippen molar-refractivity contribution in [1.29, 1.82) is 0 Å². The Morgan fingerprint density at radius 1 is 1.40 bits per heavy atom. The average Bonchev–Trinajstić information content (AvgIpc) is 2.92. The van der Waals surface area contributed by atoms with Gasteiger partial charge in [0.2, 0.25) is 0 Å². The first-order valence-corrected chi connectivity index (χ1v) is 8.42. The summed E-state index contributed by atoms with van der Waals surface area (Å²) < 4.78 is 22.8. The van der Waals surface area contributed by atoms with Crippen molar-refractivity contribution in [3.8, 4) is 0 Å². The summed E-state index contributed by atoms with van der Waals surface area (Å²) >= 11 is 5.94. The summed E-state index contributed by atoms with van der Waals surface area (Å²) in [5.41, 5.74) is 1.30. The number of fused-ring (bicyclic) bond motifs is 1. The Labute approximate surface area is 121 Å². The third kappa shape index (κ3) is 2.53. The summed E-state index contributed by atoms with van der Waals surface area (Å²) in [6.07, 6.45) is 2.08. The van der Waals surface area contributed by atoms with Crippen LogP contribution in [0.25, 0.3) is 10.9 Å². The number of hydrogen-bond donors (Lipinski definition) is 2. The zero-order chi connectivity index (χ0) is 14.3. The number of hydrogen-bond acceptors (Lipinski definition) is 3. The van der Waals surface area contributed by atoms with Gasteiger partial charge in [-0.3, -0.25) is 4.79 Å². The van der Waals surface area contributed by atoms with Crippen LogP contribution < -0.4 is 5.32 Å². The molecule has 106 valence electrons. The molecule has 1 unspecified atom stereocenters. The van der Waals surface area contributed by atoms with E-state index in [0.29, 0.717) is 17.0 Å². The maximum absolute atomic E-state index is 12.2. The van der Waals surface area contributed by atoms with Crippen LogP contribution in [0, 0.1) is 0 Å². The average molecular weight is 313 g/mol. The Morgan fingerprint density at radius 2 is 2.20 bits per heavy atom. The van der Waals surface area contributed by atoms with E-state index >= 15 is 0 Å². The highest BCUT2D eigenvalue weighted by Gasteiger charge is 2.29. The van der Waals surface area contributed by atoms with Crippen molar-refractivity contribution in [2.45, 2.75) is 12.5 Å². The summed E-state index contributed by atoms with van der Waals surface area (Å²) in [6, 6.07) is 4.95. The van der Waals surface area contributed by atoms with Crippen molar-refractivity contribution < 1.29 is 13.2 Å². The SMILES string of the molecule is O=C(NC1CCS(=O)(=O)C1)c1c[nH]c2ccc(Cl)cc12. The van der Waals surface area contributed by atoms with E-state index in [1.165, 1.54) is 0 Å². The highest BCUT2D eigenvalue weighted by molar-refractivity contribution is 7.91. The van der Waals surface area contributed by atoms with Gasteiger partial charge in [0.15, 0.2) is 9.84 Å². The molecule has 5 nitrogen and oxygen atoms in total. The second-order valence-electron chi connectivity index (χ2n) is 4.97. The molecular formula is C13H13ClN2O3S. The van der Waals surface area contributed by atoms with E-state index in [1.807, 2.05) is 0 Å². The second kappa shape index (κ2) is 4.79. The fourth-order valence-corrected chi connectivity index (χ4v) is 4.30. The minimum absolute atomic E-state index is 0.0157. The second-order valence-corrected chi connectivity index (χ2v) is 7.63. The van der Waals surface area contributed by atoms with E-state index < -0.39 is 9.84 Å². The smallest absolute Gasteiger partial charge is 0.253 e. The third-order valence-electron chi connectivity index (χ3n) is 3.46. The van der Waals surface area contributed by atoms with Gasteiger partial charge in [0.05, 0.1) is 17.1 Å². The largest absolute Gasteiger partial charge is 0.360 e. The summed E-state index contributed by atoms with van der Waals surface area (Å²) in [4.78, 5) is 15.2. The minimum atomic E-state index is -3.00. The van der Waals surface area contributed by atoms with E-state index in [9.17, 15) is 13.2 Å². The highest BCUT2D eigenvalue weighted by atomic mass is 35.5. The zero-order valence-corrected chi connectivity index (χ0v) is 12.1. The normalized spacial score (nSPS) is 21.1. The molecule has 1 aromatic carbocycles. The van der Waals surface area contributed by atoms with Crippen LogP contribution in [0.5, 0.6) is 0 Å². The van der Waals surface area contributed by atoms with Gasteiger partial charge in [0, 0.05) is 28.2 Å². The molecular weight excluding hydrogens is 300 g/mol. The summed E-state index contributed by atoms with van der Waals surface area (Å²) in [6.45, 7) is 0. The predicted molar refractivity (Wildman–Crippen MR) is 77.8 cm³/mol. The molecule has 0 saturated carbocycles. The lowest BCUT2D eigenvalue weighted by molar-refractivity contribution is 0.0943. The van der Waals surface area contributed by atoms with Crippen molar-refractivity contribution in [3.63, 3.8) is 0 Å². The number of sulfone groups is 1. The molecule has 1 aliphatic rings. The number of aromatic amines is 1. The number of halogens is 1. The van der Waals surface area contributed by atoms with Gasteiger partial charge in [-0.05, 0) is 24.6 Å². The molecule has 0 bridgehead atoms. The van der Waals surface area contributed by atoms with Crippen molar-refractivity contribution in [3.05, 3.63) is 35.0 Å². The number of aromatic nitrogens is 1. The van der Waals surface area contributed by atoms with Crippen LogP contribution in [0.2, 0.25) is 5.02 Å². The lowest BCUT2D eigenvalue weighted by Gasteiger charge is -2.10. The van der Waals surface area contributed by atoms with E-state index in [4.69, 9.17) is 11.6 Å². The number of H-pyrrole nitrogens is 1. The molecule has 1 fully saturated rings. The Kier molecular flexibility index (Phi) is 3.22. The zero-order valence-electron chi connectivity index (χ0n) is 10.5. The number of benzene rings is 1. The summed E-state index contributed by atoms with van der Waals surface area (Å²) in [5.74, 6) is -0.125. The molecule has 1 atom stereocenters. The van der Waals surface area contributed by atoms with Crippen molar-refractivity contribution in [2.24, 2.45) is 0 Å². The number of carbonyl (C=O) groups excluding carboxylic acids is 1. The molecule has 1 aliphatic heterocycles. The lowest BCUT2D eigenvalue weighted by Crippen LogP contribution is -2.35.